The standard InChI is InChI=1S/C16H21ClN4S.HI/c1-10-12(3)22-15(20-10)9-19-16(18-4)21-11(2)13-5-7-14(17)8-6-13;/h5-8,11H,9H2,1-4H3,(H2,18,19,21);1H. The van der Waals surface area contributed by atoms with Crippen molar-refractivity contribution in [2.75, 3.05) is 7.05 Å². The summed E-state index contributed by atoms with van der Waals surface area (Å²) in [7, 11) is 1.77. The van der Waals surface area contributed by atoms with Crippen molar-refractivity contribution in [3.63, 3.8) is 0 Å². The third-order valence-corrected chi connectivity index (χ3v) is 4.75. The van der Waals surface area contributed by atoms with Crippen molar-refractivity contribution in [3.05, 3.63) is 50.4 Å². The highest BCUT2D eigenvalue weighted by molar-refractivity contribution is 14.0. The number of aromatic nitrogens is 1. The van der Waals surface area contributed by atoms with Crippen LogP contribution in [-0.2, 0) is 6.54 Å². The van der Waals surface area contributed by atoms with Gasteiger partial charge in [-0.3, -0.25) is 4.99 Å². The smallest absolute Gasteiger partial charge is 0.191 e. The SMILES string of the molecule is CN=C(NCc1nc(C)c(C)s1)NC(C)c1ccc(Cl)cc1.I. The Kier molecular flexibility index (Phi) is 8.28. The van der Waals surface area contributed by atoms with E-state index in [1.54, 1.807) is 18.4 Å². The largest absolute Gasteiger partial charge is 0.350 e. The molecule has 0 amide bonds. The Morgan fingerprint density at radius 3 is 2.48 bits per heavy atom. The molecule has 0 bridgehead atoms. The Morgan fingerprint density at radius 2 is 1.96 bits per heavy atom. The van der Waals surface area contributed by atoms with E-state index >= 15 is 0 Å². The van der Waals surface area contributed by atoms with Gasteiger partial charge in [0, 0.05) is 16.9 Å². The second kappa shape index (κ2) is 9.44. The Bertz CT molecular complexity index is 635. The van der Waals surface area contributed by atoms with Crippen LogP contribution >= 0.6 is 46.9 Å². The number of hydrogen-bond donors (Lipinski definition) is 2. The van der Waals surface area contributed by atoms with Gasteiger partial charge in [0.25, 0.3) is 0 Å². The summed E-state index contributed by atoms with van der Waals surface area (Å²) in [5, 5.41) is 8.48. The number of aryl methyl sites for hydroxylation is 2. The molecule has 2 aromatic rings. The second-order valence-electron chi connectivity index (χ2n) is 5.09. The summed E-state index contributed by atoms with van der Waals surface area (Å²) in [4.78, 5) is 10.0. The number of rotatable bonds is 4. The fourth-order valence-corrected chi connectivity index (χ4v) is 3.01. The first-order valence-corrected chi connectivity index (χ1v) is 8.34. The van der Waals surface area contributed by atoms with Crippen molar-refractivity contribution >= 4 is 52.9 Å². The van der Waals surface area contributed by atoms with E-state index in [1.807, 2.05) is 31.2 Å². The summed E-state index contributed by atoms with van der Waals surface area (Å²) in [6.07, 6.45) is 0. The van der Waals surface area contributed by atoms with Gasteiger partial charge < -0.3 is 10.6 Å². The summed E-state index contributed by atoms with van der Waals surface area (Å²) in [6.45, 7) is 6.89. The molecule has 1 aromatic carbocycles. The van der Waals surface area contributed by atoms with E-state index in [0.717, 1.165) is 27.2 Å². The molecule has 1 aromatic heterocycles. The Labute approximate surface area is 163 Å². The lowest BCUT2D eigenvalue weighted by atomic mass is 10.1. The van der Waals surface area contributed by atoms with E-state index in [0.29, 0.717) is 6.54 Å². The van der Waals surface area contributed by atoms with E-state index in [9.17, 15) is 0 Å². The fourth-order valence-electron chi connectivity index (χ4n) is 2.01. The van der Waals surface area contributed by atoms with Crippen molar-refractivity contribution in [2.45, 2.75) is 33.4 Å². The van der Waals surface area contributed by atoms with Gasteiger partial charge in [-0.25, -0.2) is 4.98 Å². The molecule has 7 heteroatoms. The van der Waals surface area contributed by atoms with Crippen LogP contribution in [0, 0.1) is 13.8 Å². The van der Waals surface area contributed by atoms with Gasteiger partial charge in [-0.05, 0) is 38.5 Å². The quantitative estimate of drug-likeness (QED) is 0.399. The average Bonchev–Trinajstić information content (AvgIpc) is 2.82. The van der Waals surface area contributed by atoms with Gasteiger partial charge in [-0.1, -0.05) is 23.7 Å². The summed E-state index contributed by atoms with van der Waals surface area (Å²) < 4.78 is 0. The van der Waals surface area contributed by atoms with E-state index < -0.39 is 0 Å². The van der Waals surface area contributed by atoms with Crippen LogP contribution < -0.4 is 10.6 Å². The van der Waals surface area contributed by atoms with Crippen molar-refractivity contribution in [1.29, 1.82) is 0 Å². The highest BCUT2D eigenvalue weighted by atomic mass is 127. The molecule has 1 atom stereocenters. The topological polar surface area (TPSA) is 49.3 Å². The maximum atomic E-state index is 5.92. The molecule has 0 aliphatic heterocycles. The van der Waals surface area contributed by atoms with E-state index in [1.165, 1.54) is 4.88 Å². The molecule has 0 saturated carbocycles. The lowest BCUT2D eigenvalue weighted by Crippen LogP contribution is -2.38. The first-order chi connectivity index (χ1) is 10.5. The first kappa shape index (κ1) is 20.2. The Morgan fingerprint density at radius 1 is 1.30 bits per heavy atom. The lowest BCUT2D eigenvalue weighted by Gasteiger charge is -2.18. The zero-order valence-corrected chi connectivity index (χ0v) is 17.6. The number of guanidine groups is 1. The molecule has 23 heavy (non-hydrogen) atoms. The molecule has 0 fully saturated rings. The number of benzene rings is 1. The molecule has 1 unspecified atom stereocenters. The third-order valence-electron chi connectivity index (χ3n) is 3.43. The molecule has 2 rings (SSSR count). The van der Waals surface area contributed by atoms with Crippen LogP contribution in [0.15, 0.2) is 29.3 Å². The van der Waals surface area contributed by atoms with E-state index in [4.69, 9.17) is 11.6 Å². The minimum absolute atomic E-state index is 0. The van der Waals surface area contributed by atoms with Gasteiger partial charge in [0.1, 0.15) is 5.01 Å². The number of nitrogens with zero attached hydrogens (tertiary/aromatic N) is 2. The van der Waals surface area contributed by atoms with Gasteiger partial charge in [-0.2, -0.15) is 0 Å². The van der Waals surface area contributed by atoms with Crippen molar-refractivity contribution in [2.24, 2.45) is 4.99 Å². The molecule has 126 valence electrons. The van der Waals surface area contributed by atoms with Crippen LogP contribution in [0.3, 0.4) is 0 Å². The predicted octanol–water partition coefficient (Wildman–Crippen LogP) is 4.46. The van der Waals surface area contributed by atoms with Crippen LogP contribution in [0.1, 0.15) is 34.1 Å². The van der Waals surface area contributed by atoms with Crippen LogP contribution in [-0.4, -0.2) is 18.0 Å². The number of nitrogens with one attached hydrogen (secondary N) is 2. The normalized spacial score (nSPS) is 12.5. The minimum Gasteiger partial charge on any atom is -0.350 e. The van der Waals surface area contributed by atoms with Crippen molar-refractivity contribution in [1.82, 2.24) is 15.6 Å². The van der Waals surface area contributed by atoms with Crippen molar-refractivity contribution < 1.29 is 0 Å². The van der Waals surface area contributed by atoms with Gasteiger partial charge >= 0.3 is 0 Å². The van der Waals surface area contributed by atoms with Crippen LogP contribution in [0.5, 0.6) is 0 Å². The first-order valence-electron chi connectivity index (χ1n) is 7.15. The average molecular weight is 465 g/mol. The summed E-state index contributed by atoms with van der Waals surface area (Å²) in [5.74, 6) is 0.757. The molecule has 0 spiro atoms. The molecule has 4 nitrogen and oxygen atoms in total. The van der Waals surface area contributed by atoms with Gasteiger partial charge in [0.15, 0.2) is 5.96 Å². The third kappa shape index (κ3) is 5.93. The molecular weight excluding hydrogens is 443 g/mol. The fraction of sp³-hybridized carbons (Fsp3) is 0.375. The molecule has 0 aliphatic carbocycles. The molecule has 1 heterocycles. The molecule has 0 aliphatic rings. The number of aliphatic imine (C=N–C) groups is 1. The van der Waals surface area contributed by atoms with Crippen molar-refractivity contribution in [3.8, 4) is 0 Å². The maximum Gasteiger partial charge on any atom is 0.191 e. The van der Waals surface area contributed by atoms with Gasteiger partial charge in [0.2, 0.25) is 0 Å². The monoisotopic (exact) mass is 464 g/mol. The molecule has 2 N–H and O–H groups in total. The maximum absolute atomic E-state index is 5.92. The number of halogens is 2. The predicted molar refractivity (Wildman–Crippen MR) is 110 cm³/mol. The number of thiazole rings is 1. The van der Waals surface area contributed by atoms with E-state index in [2.05, 4.69) is 34.5 Å². The zero-order valence-electron chi connectivity index (χ0n) is 13.7. The minimum atomic E-state index is 0. The molecular formula is C16H22ClIN4S. The van der Waals surface area contributed by atoms with Gasteiger partial charge in [0.05, 0.1) is 18.3 Å². The Hall–Kier alpha value is -0.860. The highest BCUT2D eigenvalue weighted by Crippen LogP contribution is 2.17. The van der Waals surface area contributed by atoms with Gasteiger partial charge in [-0.15, -0.1) is 35.3 Å². The highest BCUT2D eigenvalue weighted by Gasteiger charge is 2.09. The second-order valence-corrected chi connectivity index (χ2v) is 6.82. The number of hydrogen-bond acceptors (Lipinski definition) is 3. The zero-order chi connectivity index (χ0) is 16.1. The summed E-state index contributed by atoms with van der Waals surface area (Å²) in [5.41, 5.74) is 2.26. The van der Waals surface area contributed by atoms with Crippen LogP contribution in [0.4, 0.5) is 0 Å². The van der Waals surface area contributed by atoms with E-state index in [-0.39, 0.29) is 30.0 Å². The van der Waals surface area contributed by atoms with Crippen LogP contribution in [0.2, 0.25) is 5.02 Å². The molecule has 0 radical (unpaired) electrons. The Balaban J connectivity index is 0.00000264. The lowest BCUT2D eigenvalue weighted by molar-refractivity contribution is 0.684. The molecule has 0 saturated heterocycles. The van der Waals surface area contributed by atoms with Crippen LogP contribution in [0.25, 0.3) is 0 Å². The summed E-state index contributed by atoms with van der Waals surface area (Å²) in [6, 6.07) is 7.96. The summed E-state index contributed by atoms with van der Waals surface area (Å²) >= 11 is 7.63.